The predicted octanol–water partition coefficient (Wildman–Crippen LogP) is 2.82. The van der Waals surface area contributed by atoms with Crippen LogP contribution in [0.1, 0.15) is 24.2 Å². The molecule has 0 amide bonds. The Hall–Kier alpha value is -2.67. The van der Waals surface area contributed by atoms with E-state index in [1.54, 1.807) is 25.4 Å². The number of nitrogens with zero attached hydrogens (tertiary/aromatic N) is 4. The number of ether oxygens (including phenoxy) is 1. The number of pyridine rings is 1. The standard InChI is InChI=1S/C21H28FN5O/c1-15-13-27(14-19(28-15)16-7-9-18(22)10-8-16)21(23-2)25-12-17-6-5-11-24-20(17)26(3)4/h5-11,15,19H,12-14H2,1-4H3,(H,23,25). The van der Waals surface area contributed by atoms with E-state index in [1.807, 2.05) is 32.0 Å². The average Bonchev–Trinajstić information content (AvgIpc) is 2.69. The molecular formula is C21H28FN5O. The zero-order valence-corrected chi connectivity index (χ0v) is 16.9. The van der Waals surface area contributed by atoms with Crippen LogP contribution in [0.3, 0.4) is 0 Å². The molecule has 0 radical (unpaired) electrons. The van der Waals surface area contributed by atoms with Gasteiger partial charge >= 0.3 is 0 Å². The third kappa shape index (κ3) is 4.78. The molecule has 0 aliphatic carbocycles. The Bertz CT molecular complexity index is 809. The van der Waals surface area contributed by atoms with Gasteiger partial charge in [-0.05, 0) is 30.7 Å². The fourth-order valence-corrected chi connectivity index (χ4v) is 3.46. The predicted molar refractivity (Wildman–Crippen MR) is 110 cm³/mol. The highest BCUT2D eigenvalue weighted by Gasteiger charge is 2.28. The van der Waals surface area contributed by atoms with Crippen LogP contribution in [-0.4, -0.2) is 56.2 Å². The molecule has 7 heteroatoms. The largest absolute Gasteiger partial charge is 0.367 e. The lowest BCUT2D eigenvalue weighted by molar-refractivity contribution is -0.0605. The lowest BCUT2D eigenvalue weighted by Crippen LogP contribution is -2.50. The smallest absolute Gasteiger partial charge is 0.194 e. The van der Waals surface area contributed by atoms with Gasteiger partial charge < -0.3 is 19.9 Å². The number of aliphatic imine (C=N–C) groups is 1. The summed E-state index contributed by atoms with van der Waals surface area (Å²) in [5, 5.41) is 3.45. The summed E-state index contributed by atoms with van der Waals surface area (Å²) in [6.07, 6.45) is 1.71. The molecule has 6 nitrogen and oxygen atoms in total. The van der Waals surface area contributed by atoms with Crippen molar-refractivity contribution in [1.82, 2.24) is 15.2 Å². The van der Waals surface area contributed by atoms with E-state index in [0.717, 1.165) is 29.4 Å². The fraction of sp³-hybridized carbons (Fsp3) is 0.429. The number of halogens is 1. The molecule has 1 aliphatic rings. The van der Waals surface area contributed by atoms with Gasteiger partial charge in [-0.25, -0.2) is 9.37 Å². The summed E-state index contributed by atoms with van der Waals surface area (Å²) in [7, 11) is 5.75. The third-order valence-corrected chi connectivity index (χ3v) is 4.74. The third-order valence-electron chi connectivity index (χ3n) is 4.74. The molecule has 28 heavy (non-hydrogen) atoms. The Morgan fingerprint density at radius 3 is 2.71 bits per heavy atom. The van der Waals surface area contributed by atoms with Gasteiger partial charge in [0.25, 0.3) is 0 Å². The maximum absolute atomic E-state index is 13.3. The Morgan fingerprint density at radius 1 is 1.29 bits per heavy atom. The van der Waals surface area contributed by atoms with E-state index in [1.165, 1.54) is 12.1 Å². The molecule has 2 aromatic rings. The van der Waals surface area contributed by atoms with Crippen LogP contribution in [0.15, 0.2) is 47.6 Å². The van der Waals surface area contributed by atoms with Crippen molar-refractivity contribution in [2.24, 2.45) is 4.99 Å². The highest BCUT2D eigenvalue weighted by atomic mass is 19.1. The number of hydrogen-bond donors (Lipinski definition) is 1. The topological polar surface area (TPSA) is 53.0 Å². The maximum atomic E-state index is 13.3. The van der Waals surface area contributed by atoms with Gasteiger partial charge in [0.15, 0.2) is 5.96 Å². The second-order valence-electron chi connectivity index (χ2n) is 7.17. The Kier molecular flexibility index (Phi) is 6.46. The van der Waals surface area contributed by atoms with Gasteiger partial charge in [0.2, 0.25) is 0 Å². The lowest BCUT2D eigenvalue weighted by Gasteiger charge is -2.38. The van der Waals surface area contributed by atoms with Crippen LogP contribution in [0.25, 0.3) is 0 Å². The van der Waals surface area contributed by atoms with E-state index in [4.69, 9.17) is 4.74 Å². The fourth-order valence-electron chi connectivity index (χ4n) is 3.46. The quantitative estimate of drug-likeness (QED) is 0.648. The Balaban J connectivity index is 1.70. The minimum absolute atomic E-state index is 0.0399. The first-order valence-electron chi connectivity index (χ1n) is 9.45. The molecule has 1 aromatic heterocycles. The van der Waals surface area contributed by atoms with Crippen LogP contribution in [0.2, 0.25) is 0 Å². The van der Waals surface area contributed by atoms with Crippen molar-refractivity contribution in [1.29, 1.82) is 0 Å². The number of aromatic nitrogens is 1. The van der Waals surface area contributed by atoms with Crippen molar-refractivity contribution in [2.75, 3.05) is 39.1 Å². The highest BCUT2D eigenvalue weighted by Crippen LogP contribution is 2.25. The summed E-state index contributed by atoms with van der Waals surface area (Å²) in [4.78, 5) is 13.1. The molecular weight excluding hydrogens is 357 g/mol. The molecule has 1 fully saturated rings. The lowest BCUT2D eigenvalue weighted by atomic mass is 10.1. The van der Waals surface area contributed by atoms with E-state index >= 15 is 0 Å². The molecule has 0 saturated carbocycles. The number of hydrogen-bond acceptors (Lipinski definition) is 4. The second kappa shape index (κ2) is 9.01. The van der Waals surface area contributed by atoms with E-state index in [2.05, 4.69) is 26.3 Å². The zero-order chi connectivity index (χ0) is 20.1. The van der Waals surface area contributed by atoms with Gasteiger partial charge in [0.1, 0.15) is 17.7 Å². The molecule has 0 bridgehead atoms. The van der Waals surface area contributed by atoms with Gasteiger partial charge in [-0.1, -0.05) is 18.2 Å². The van der Waals surface area contributed by atoms with Crippen molar-refractivity contribution >= 4 is 11.8 Å². The Morgan fingerprint density at radius 2 is 2.04 bits per heavy atom. The number of morpholine rings is 1. The molecule has 2 heterocycles. The molecule has 0 spiro atoms. The van der Waals surface area contributed by atoms with Gasteiger partial charge in [-0.3, -0.25) is 4.99 Å². The summed E-state index contributed by atoms with van der Waals surface area (Å²) in [5.41, 5.74) is 2.07. The Labute approximate surface area is 166 Å². The van der Waals surface area contributed by atoms with Crippen molar-refractivity contribution in [3.8, 4) is 0 Å². The van der Waals surface area contributed by atoms with Crippen LogP contribution in [0.4, 0.5) is 10.2 Å². The number of guanidine groups is 1. The first-order valence-corrected chi connectivity index (χ1v) is 9.45. The SMILES string of the molecule is CN=C(NCc1cccnc1N(C)C)N1CC(C)OC(c2ccc(F)cc2)C1. The summed E-state index contributed by atoms with van der Waals surface area (Å²) in [5.74, 6) is 1.51. The first-order chi connectivity index (χ1) is 13.5. The van der Waals surface area contributed by atoms with Crippen LogP contribution in [0, 0.1) is 5.82 Å². The maximum Gasteiger partial charge on any atom is 0.194 e. The van der Waals surface area contributed by atoms with E-state index < -0.39 is 0 Å². The van der Waals surface area contributed by atoms with E-state index in [9.17, 15) is 4.39 Å². The number of nitrogens with one attached hydrogen (secondary N) is 1. The molecule has 1 saturated heterocycles. The number of benzene rings is 1. The van der Waals surface area contributed by atoms with Crippen LogP contribution >= 0.6 is 0 Å². The summed E-state index contributed by atoms with van der Waals surface area (Å²) in [6.45, 7) is 4.07. The van der Waals surface area contributed by atoms with Crippen LogP contribution in [-0.2, 0) is 11.3 Å². The average molecular weight is 385 g/mol. The van der Waals surface area contributed by atoms with Gasteiger partial charge in [-0.15, -0.1) is 0 Å². The van der Waals surface area contributed by atoms with E-state index in [-0.39, 0.29) is 18.0 Å². The monoisotopic (exact) mass is 385 g/mol. The zero-order valence-electron chi connectivity index (χ0n) is 16.9. The number of anilines is 1. The van der Waals surface area contributed by atoms with Crippen LogP contribution in [0.5, 0.6) is 0 Å². The molecule has 3 rings (SSSR count). The van der Waals surface area contributed by atoms with Gasteiger partial charge in [-0.2, -0.15) is 0 Å². The molecule has 2 atom stereocenters. The van der Waals surface area contributed by atoms with Crippen molar-refractivity contribution in [3.05, 3.63) is 59.5 Å². The molecule has 1 N–H and O–H groups in total. The van der Waals surface area contributed by atoms with E-state index in [0.29, 0.717) is 13.1 Å². The van der Waals surface area contributed by atoms with Crippen molar-refractivity contribution in [3.63, 3.8) is 0 Å². The first kappa shape index (κ1) is 20.1. The molecule has 1 aliphatic heterocycles. The molecule has 150 valence electrons. The van der Waals surface area contributed by atoms with Gasteiger partial charge in [0, 0.05) is 46.0 Å². The number of rotatable bonds is 4. The highest BCUT2D eigenvalue weighted by molar-refractivity contribution is 5.80. The second-order valence-corrected chi connectivity index (χ2v) is 7.17. The minimum atomic E-state index is -0.241. The minimum Gasteiger partial charge on any atom is -0.367 e. The van der Waals surface area contributed by atoms with Gasteiger partial charge in [0.05, 0.1) is 12.6 Å². The van der Waals surface area contributed by atoms with Crippen molar-refractivity contribution < 1.29 is 9.13 Å². The van der Waals surface area contributed by atoms with Crippen LogP contribution < -0.4 is 10.2 Å². The normalized spacial score (nSPS) is 20.2. The summed E-state index contributed by atoms with van der Waals surface area (Å²) in [6, 6.07) is 10.5. The van der Waals surface area contributed by atoms with Crippen molar-refractivity contribution in [2.45, 2.75) is 25.7 Å². The molecule has 1 aromatic carbocycles. The molecule has 2 unspecified atom stereocenters. The summed E-state index contributed by atoms with van der Waals surface area (Å²) < 4.78 is 19.3. The summed E-state index contributed by atoms with van der Waals surface area (Å²) >= 11 is 0.